The predicted molar refractivity (Wildman–Crippen MR) is 116 cm³/mol. The number of aromatic nitrogens is 2. The Morgan fingerprint density at radius 1 is 1.21 bits per heavy atom. The Labute approximate surface area is 194 Å². The molecule has 2 atom stereocenters. The number of hydrogen-bond donors (Lipinski definition) is 1. The Hall–Kier alpha value is -3.55. The standard InChI is InChI=1S/C23H25F3N6O2/c1-30-11-16(10-29-30)22(34)31-6-4-14(5-7-31)18-12-32(13-19(18)21(28)33)17-3-2-15(9-27)20(8-17)23(24,25)26/h2-3,8,10-11,14,18-19H,4-7,12-13H2,1H3,(H2,28,33)/t18-,19+/m0/s1. The molecule has 34 heavy (non-hydrogen) atoms. The molecule has 11 heteroatoms. The van der Waals surface area contributed by atoms with Crippen molar-refractivity contribution in [2.75, 3.05) is 31.1 Å². The first-order valence-electron chi connectivity index (χ1n) is 11.0. The van der Waals surface area contributed by atoms with E-state index in [1.807, 2.05) is 0 Å². The van der Waals surface area contributed by atoms with Crippen molar-refractivity contribution in [3.8, 4) is 6.07 Å². The molecule has 1 aromatic carbocycles. The van der Waals surface area contributed by atoms with Crippen LogP contribution in [0, 0.1) is 29.1 Å². The van der Waals surface area contributed by atoms with E-state index in [1.54, 1.807) is 33.8 Å². The number of alkyl halides is 3. The molecule has 2 fully saturated rings. The van der Waals surface area contributed by atoms with Gasteiger partial charge >= 0.3 is 6.18 Å². The van der Waals surface area contributed by atoms with E-state index in [2.05, 4.69) is 5.10 Å². The Morgan fingerprint density at radius 3 is 2.47 bits per heavy atom. The average Bonchev–Trinajstić information content (AvgIpc) is 3.45. The van der Waals surface area contributed by atoms with Gasteiger partial charge in [-0.2, -0.15) is 23.5 Å². The molecule has 2 N–H and O–H groups in total. The molecule has 2 aromatic rings. The molecule has 0 spiro atoms. The van der Waals surface area contributed by atoms with Gasteiger partial charge in [0.25, 0.3) is 5.91 Å². The van der Waals surface area contributed by atoms with E-state index in [4.69, 9.17) is 11.0 Å². The van der Waals surface area contributed by atoms with Crippen LogP contribution in [0.5, 0.6) is 0 Å². The fraction of sp³-hybridized carbons (Fsp3) is 0.478. The molecule has 3 heterocycles. The molecule has 2 aliphatic heterocycles. The zero-order chi connectivity index (χ0) is 24.6. The van der Waals surface area contributed by atoms with Crippen LogP contribution in [0.25, 0.3) is 0 Å². The van der Waals surface area contributed by atoms with E-state index in [1.165, 1.54) is 12.3 Å². The summed E-state index contributed by atoms with van der Waals surface area (Å²) in [6.45, 7) is 1.65. The van der Waals surface area contributed by atoms with Crippen molar-refractivity contribution in [2.24, 2.45) is 30.5 Å². The summed E-state index contributed by atoms with van der Waals surface area (Å²) in [5, 5.41) is 13.1. The van der Waals surface area contributed by atoms with Crippen molar-refractivity contribution in [3.05, 3.63) is 47.3 Å². The van der Waals surface area contributed by atoms with Gasteiger partial charge in [0.2, 0.25) is 5.91 Å². The van der Waals surface area contributed by atoms with Crippen LogP contribution in [-0.4, -0.2) is 52.7 Å². The number of aryl methyl sites for hydroxylation is 1. The van der Waals surface area contributed by atoms with Crippen LogP contribution >= 0.6 is 0 Å². The first-order chi connectivity index (χ1) is 16.1. The average molecular weight is 474 g/mol. The highest BCUT2D eigenvalue weighted by Crippen LogP contribution is 2.40. The summed E-state index contributed by atoms with van der Waals surface area (Å²) in [6, 6.07) is 5.19. The van der Waals surface area contributed by atoms with Crippen LogP contribution in [0.15, 0.2) is 30.6 Å². The summed E-state index contributed by atoms with van der Waals surface area (Å²) in [5.41, 5.74) is 5.07. The number of anilines is 1. The third-order valence-corrected chi connectivity index (χ3v) is 6.91. The summed E-state index contributed by atoms with van der Waals surface area (Å²) in [7, 11) is 1.74. The van der Waals surface area contributed by atoms with Crippen LogP contribution in [0.4, 0.5) is 18.9 Å². The van der Waals surface area contributed by atoms with E-state index >= 15 is 0 Å². The maximum absolute atomic E-state index is 13.4. The van der Waals surface area contributed by atoms with Gasteiger partial charge in [-0.05, 0) is 42.9 Å². The zero-order valence-corrected chi connectivity index (χ0v) is 18.6. The van der Waals surface area contributed by atoms with Gasteiger partial charge in [0.15, 0.2) is 0 Å². The van der Waals surface area contributed by atoms with Crippen LogP contribution in [-0.2, 0) is 18.0 Å². The number of primary amides is 1. The lowest BCUT2D eigenvalue weighted by Gasteiger charge is -2.36. The maximum atomic E-state index is 13.4. The second-order valence-electron chi connectivity index (χ2n) is 8.95. The van der Waals surface area contributed by atoms with Crippen LogP contribution in [0.1, 0.15) is 34.3 Å². The number of nitrogens with two attached hydrogens (primary N) is 1. The van der Waals surface area contributed by atoms with Gasteiger partial charge in [0.1, 0.15) is 0 Å². The largest absolute Gasteiger partial charge is 0.417 e. The highest BCUT2D eigenvalue weighted by atomic mass is 19.4. The molecule has 4 rings (SSSR count). The first kappa shape index (κ1) is 23.6. The fourth-order valence-corrected chi connectivity index (χ4v) is 5.12. The number of carbonyl (C=O) groups is 2. The minimum absolute atomic E-state index is 0.0942. The van der Waals surface area contributed by atoms with Gasteiger partial charge in [-0.1, -0.05) is 0 Å². The Kier molecular flexibility index (Phi) is 6.25. The number of nitrogens with zero attached hydrogens (tertiary/aromatic N) is 5. The summed E-state index contributed by atoms with van der Waals surface area (Å²) in [4.78, 5) is 28.4. The van der Waals surface area contributed by atoms with Crippen molar-refractivity contribution in [3.63, 3.8) is 0 Å². The summed E-state index contributed by atoms with van der Waals surface area (Å²) in [6.07, 6.45) is -0.111. The van der Waals surface area contributed by atoms with Gasteiger partial charge in [-0.25, -0.2) is 0 Å². The second-order valence-corrected chi connectivity index (χ2v) is 8.95. The quantitative estimate of drug-likeness (QED) is 0.732. The molecule has 180 valence electrons. The Balaban J connectivity index is 1.48. The molecule has 1 aromatic heterocycles. The van der Waals surface area contributed by atoms with Gasteiger partial charge in [0, 0.05) is 45.1 Å². The minimum Gasteiger partial charge on any atom is -0.370 e. The smallest absolute Gasteiger partial charge is 0.370 e. The number of rotatable bonds is 4. The lowest BCUT2D eigenvalue weighted by Crippen LogP contribution is -2.42. The molecule has 0 bridgehead atoms. The van der Waals surface area contributed by atoms with Crippen molar-refractivity contribution in [1.82, 2.24) is 14.7 Å². The van der Waals surface area contributed by atoms with E-state index in [9.17, 15) is 22.8 Å². The number of nitriles is 1. The SMILES string of the molecule is Cn1cc(C(=O)N2CCC([C@@H]3CN(c4ccc(C#N)c(C(F)(F)F)c4)C[C@H]3C(N)=O)CC2)cn1. The highest BCUT2D eigenvalue weighted by Gasteiger charge is 2.43. The molecule has 2 saturated heterocycles. The third kappa shape index (κ3) is 4.58. The molecule has 0 saturated carbocycles. The van der Waals surface area contributed by atoms with Gasteiger partial charge in [-0.3, -0.25) is 14.3 Å². The van der Waals surface area contributed by atoms with E-state index < -0.39 is 29.1 Å². The van der Waals surface area contributed by atoms with Crippen LogP contribution in [0.2, 0.25) is 0 Å². The van der Waals surface area contributed by atoms with Gasteiger partial charge in [0.05, 0.1) is 34.9 Å². The molecular formula is C23H25F3N6O2. The lowest BCUT2D eigenvalue weighted by molar-refractivity contribution is -0.137. The topological polar surface area (TPSA) is 108 Å². The lowest BCUT2D eigenvalue weighted by atomic mass is 9.78. The monoisotopic (exact) mass is 474 g/mol. The predicted octanol–water partition coefficient (Wildman–Crippen LogP) is 2.40. The number of benzene rings is 1. The maximum Gasteiger partial charge on any atom is 0.417 e. The Bertz CT molecular complexity index is 1130. The number of amides is 2. The highest BCUT2D eigenvalue weighted by molar-refractivity contribution is 5.93. The van der Waals surface area contributed by atoms with Gasteiger partial charge in [-0.15, -0.1) is 0 Å². The molecule has 2 amide bonds. The molecule has 2 aliphatic rings. The molecule has 8 nitrogen and oxygen atoms in total. The molecular weight excluding hydrogens is 449 g/mol. The normalized spacial score (nSPS) is 21.5. The van der Waals surface area contributed by atoms with Crippen molar-refractivity contribution in [2.45, 2.75) is 19.0 Å². The van der Waals surface area contributed by atoms with E-state index in [-0.39, 0.29) is 24.3 Å². The summed E-state index contributed by atoms with van der Waals surface area (Å²) in [5.74, 6) is -1.09. The van der Waals surface area contributed by atoms with Crippen LogP contribution < -0.4 is 10.6 Å². The summed E-state index contributed by atoms with van der Waals surface area (Å²) < 4.78 is 41.8. The van der Waals surface area contributed by atoms with E-state index in [0.29, 0.717) is 43.7 Å². The minimum atomic E-state index is -4.66. The number of halogens is 3. The molecule has 0 aliphatic carbocycles. The number of carbonyl (C=O) groups excluding carboxylic acids is 2. The fourth-order valence-electron chi connectivity index (χ4n) is 5.12. The molecule has 0 unspecified atom stereocenters. The number of likely N-dealkylation sites (tertiary alicyclic amines) is 1. The van der Waals surface area contributed by atoms with Gasteiger partial charge < -0.3 is 15.5 Å². The van der Waals surface area contributed by atoms with Crippen molar-refractivity contribution < 1.29 is 22.8 Å². The van der Waals surface area contributed by atoms with Crippen molar-refractivity contribution in [1.29, 1.82) is 5.26 Å². The first-order valence-corrected chi connectivity index (χ1v) is 11.0. The van der Waals surface area contributed by atoms with E-state index in [0.717, 1.165) is 12.1 Å². The molecule has 0 radical (unpaired) electrons. The second kappa shape index (κ2) is 9.00. The Morgan fingerprint density at radius 2 is 1.91 bits per heavy atom. The van der Waals surface area contributed by atoms with Crippen LogP contribution in [0.3, 0.4) is 0 Å². The zero-order valence-electron chi connectivity index (χ0n) is 18.6. The van der Waals surface area contributed by atoms with Crippen molar-refractivity contribution >= 4 is 17.5 Å². The number of hydrogen-bond acceptors (Lipinski definition) is 5. The summed E-state index contributed by atoms with van der Waals surface area (Å²) >= 11 is 0. The number of piperidine rings is 1. The third-order valence-electron chi connectivity index (χ3n) is 6.91.